The summed E-state index contributed by atoms with van der Waals surface area (Å²) in [5.74, 6) is 0.603. The third-order valence-corrected chi connectivity index (χ3v) is 1.50. The Morgan fingerprint density at radius 3 is 2.83 bits per heavy atom. The van der Waals surface area contributed by atoms with Gasteiger partial charge in [0, 0.05) is 12.4 Å². The van der Waals surface area contributed by atoms with Crippen molar-refractivity contribution < 1.29 is 0 Å². The molecule has 5 nitrogen and oxygen atoms in total. The predicted octanol–water partition coefficient (Wildman–Crippen LogP) is 0.147. The van der Waals surface area contributed by atoms with Gasteiger partial charge in [0.05, 0.1) is 13.1 Å². The molecular formula is C7H9N5. The number of nitrogens with zero attached hydrogens (tertiary/aromatic N) is 4. The molecule has 1 N–H and O–H groups in total. The summed E-state index contributed by atoms with van der Waals surface area (Å²) in [4.78, 5) is 12.1. The summed E-state index contributed by atoms with van der Waals surface area (Å²) in [6, 6.07) is 1.78. The molecule has 12 heavy (non-hydrogen) atoms. The van der Waals surface area contributed by atoms with Crippen molar-refractivity contribution >= 4 is 12.3 Å². The van der Waals surface area contributed by atoms with E-state index in [1.807, 2.05) is 5.01 Å². The van der Waals surface area contributed by atoms with E-state index in [0.717, 1.165) is 13.1 Å². The molecule has 0 atom stereocenters. The molecule has 2 rings (SSSR count). The van der Waals surface area contributed by atoms with E-state index in [4.69, 9.17) is 0 Å². The molecule has 62 valence electrons. The van der Waals surface area contributed by atoms with Crippen molar-refractivity contribution in [3.8, 4) is 0 Å². The quantitative estimate of drug-likeness (QED) is 0.674. The zero-order valence-corrected chi connectivity index (χ0v) is 6.51. The average molecular weight is 163 g/mol. The molecule has 0 bridgehead atoms. The van der Waals surface area contributed by atoms with Gasteiger partial charge in [0.25, 0.3) is 0 Å². The first-order valence-electron chi connectivity index (χ1n) is 3.75. The van der Waals surface area contributed by atoms with Crippen molar-refractivity contribution in [3.05, 3.63) is 18.5 Å². The second kappa shape index (κ2) is 3.17. The van der Waals surface area contributed by atoms with Gasteiger partial charge in [0.2, 0.25) is 5.95 Å². The number of aromatic nitrogens is 2. The number of hydrogen-bond donors (Lipinski definition) is 1. The molecule has 1 aromatic heterocycles. The topological polar surface area (TPSA) is 53.4 Å². The number of hydrogen-bond acceptors (Lipinski definition) is 5. The molecule has 0 saturated carbocycles. The van der Waals surface area contributed by atoms with Crippen LogP contribution in [0.15, 0.2) is 23.5 Å². The second-order valence-electron chi connectivity index (χ2n) is 2.40. The van der Waals surface area contributed by atoms with E-state index in [1.165, 1.54) is 0 Å². The van der Waals surface area contributed by atoms with Crippen LogP contribution in [0, 0.1) is 0 Å². The zero-order valence-electron chi connectivity index (χ0n) is 6.51. The van der Waals surface area contributed by atoms with Crippen molar-refractivity contribution in [2.75, 3.05) is 18.5 Å². The molecular weight excluding hydrogens is 154 g/mol. The Hall–Kier alpha value is -1.65. The van der Waals surface area contributed by atoms with Crippen molar-refractivity contribution in [1.82, 2.24) is 15.0 Å². The van der Waals surface area contributed by atoms with E-state index in [1.54, 1.807) is 24.8 Å². The van der Waals surface area contributed by atoms with E-state index in [2.05, 4.69) is 20.4 Å². The number of nitrogens with one attached hydrogen (secondary N) is 1. The fourth-order valence-electron chi connectivity index (χ4n) is 0.950. The SMILES string of the molecule is C1=NCCN1Nc1ncccn1. The number of rotatable bonds is 2. The molecule has 2 heterocycles. The highest BCUT2D eigenvalue weighted by molar-refractivity contribution is 5.59. The fraction of sp³-hybridized carbons (Fsp3) is 0.286. The summed E-state index contributed by atoms with van der Waals surface area (Å²) in [5, 5.41) is 1.86. The summed E-state index contributed by atoms with van der Waals surface area (Å²) < 4.78 is 0. The number of anilines is 1. The summed E-state index contributed by atoms with van der Waals surface area (Å²) in [5.41, 5.74) is 3.00. The smallest absolute Gasteiger partial charge is 0.241 e. The van der Waals surface area contributed by atoms with E-state index >= 15 is 0 Å². The van der Waals surface area contributed by atoms with Crippen molar-refractivity contribution in [1.29, 1.82) is 0 Å². The van der Waals surface area contributed by atoms with Gasteiger partial charge < -0.3 is 0 Å². The van der Waals surface area contributed by atoms with Crippen LogP contribution in [0.25, 0.3) is 0 Å². The summed E-state index contributed by atoms with van der Waals surface area (Å²) in [6.45, 7) is 1.71. The average Bonchev–Trinajstić information content (AvgIpc) is 2.59. The lowest BCUT2D eigenvalue weighted by molar-refractivity contribution is 0.550. The van der Waals surface area contributed by atoms with Crippen LogP contribution in [-0.2, 0) is 0 Å². The van der Waals surface area contributed by atoms with Crippen LogP contribution in [0.1, 0.15) is 0 Å². The Bertz CT molecular complexity index is 270. The number of hydrazine groups is 1. The first-order valence-corrected chi connectivity index (χ1v) is 3.75. The summed E-state index contributed by atoms with van der Waals surface area (Å²) in [7, 11) is 0. The standard InChI is InChI=1S/C7H9N5/c1-2-9-7(10-3-1)11-12-5-4-8-6-12/h1-3,6H,4-5H2,(H,9,10,11). The van der Waals surface area contributed by atoms with E-state index in [0.29, 0.717) is 5.95 Å². The highest BCUT2D eigenvalue weighted by Gasteiger charge is 2.04. The maximum absolute atomic E-state index is 4.04. The highest BCUT2D eigenvalue weighted by Crippen LogP contribution is 1.98. The van der Waals surface area contributed by atoms with Crippen molar-refractivity contribution in [2.45, 2.75) is 0 Å². The molecule has 0 spiro atoms. The van der Waals surface area contributed by atoms with Gasteiger partial charge >= 0.3 is 0 Å². The normalized spacial score (nSPS) is 15.2. The maximum atomic E-state index is 4.04. The Balaban J connectivity index is 1.99. The molecule has 5 heteroatoms. The van der Waals surface area contributed by atoms with Gasteiger partial charge in [-0.05, 0) is 6.07 Å². The molecule has 0 saturated heterocycles. The van der Waals surface area contributed by atoms with Gasteiger partial charge in [0.1, 0.15) is 6.34 Å². The molecule has 0 amide bonds. The van der Waals surface area contributed by atoms with Gasteiger partial charge in [-0.3, -0.25) is 15.4 Å². The van der Waals surface area contributed by atoms with Crippen molar-refractivity contribution in [3.63, 3.8) is 0 Å². The molecule has 1 aliphatic heterocycles. The van der Waals surface area contributed by atoms with Gasteiger partial charge in [-0.25, -0.2) is 9.97 Å². The predicted molar refractivity (Wildman–Crippen MR) is 45.7 cm³/mol. The Labute approximate surface area is 70.1 Å². The van der Waals surface area contributed by atoms with Crippen molar-refractivity contribution in [2.24, 2.45) is 4.99 Å². The maximum Gasteiger partial charge on any atom is 0.241 e. The highest BCUT2D eigenvalue weighted by atomic mass is 15.6. The van der Waals surface area contributed by atoms with Crippen LogP contribution in [0.3, 0.4) is 0 Å². The lowest BCUT2D eigenvalue weighted by Crippen LogP contribution is -2.27. The van der Waals surface area contributed by atoms with Crippen LogP contribution in [0.2, 0.25) is 0 Å². The number of aliphatic imine (C=N–C) groups is 1. The van der Waals surface area contributed by atoms with Gasteiger partial charge in [0.15, 0.2) is 0 Å². The first-order chi connectivity index (χ1) is 5.95. The van der Waals surface area contributed by atoms with Crippen LogP contribution in [-0.4, -0.2) is 34.4 Å². The Morgan fingerprint density at radius 2 is 2.17 bits per heavy atom. The van der Waals surface area contributed by atoms with Gasteiger partial charge in [-0.1, -0.05) is 0 Å². The largest absolute Gasteiger partial charge is 0.273 e. The summed E-state index contributed by atoms with van der Waals surface area (Å²) in [6.07, 6.45) is 5.14. The van der Waals surface area contributed by atoms with Gasteiger partial charge in [-0.15, -0.1) is 0 Å². The van der Waals surface area contributed by atoms with Crippen LogP contribution >= 0.6 is 0 Å². The van der Waals surface area contributed by atoms with E-state index in [9.17, 15) is 0 Å². The third-order valence-electron chi connectivity index (χ3n) is 1.50. The molecule has 1 aliphatic rings. The molecule has 0 aliphatic carbocycles. The Morgan fingerprint density at radius 1 is 1.33 bits per heavy atom. The minimum Gasteiger partial charge on any atom is -0.273 e. The Kier molecular flexibility index (Phi) is 1.85. The summed E-state index contributed by atoms with van der Waals surface area (Å²) >= 11 is 0. The molecule has 0 radical (unpaired) electrons. The molecule has 0 unspecified atom stereocenters. The monoisotopic (exact) mass is 163 g/mol. The van der Waals surface area contributed by atoms with Crippen LogP contribution < -0.4 is 5.43 Å². The molecule has 1 aromatic rings. The lowest BCUT2D eigenvalue weighted by atomic mass is 10.7. The van der Waals surface area contributed by atoms with E-state index < -0.39 is 0 Å². The molecule has 0 aromatic carbocycles. The second-order valence-corrected chi connectivity index (χ2v) is 2.40. The van der Waals surface area contributed by atoms with Crippen LogP contribution in [0.5, 0.6) is 0 Å². The van der Waals surface area contributed by atoms with E-state index in [-0.39, 0.29) is 0 Å². The van der Waals surface area contributed by atoms with Crippen LogP contribution in [0.4, 0.5) is 5.95 Å². The third kappa shape index (κ3) is 1.50. The van der Waals surface area contributed by atoms with Gasteiger partial charge in [-0.2, -0.15) is 0 Å². The lowest BCUT2D eigenvalue weighted by Gasteiger charge is -2.13. The minimum atomic E-state index is 0.603. The molecule has 0 fully saturated rings. The first kappa shape index (κ1) is 7.02. The zero-order chi connectivity index (χ0) is 8.23. The fourth-order valence-corrected chi connectivity index (χ4v) is 0.950. The minimum absolute atomic E-state index is 0.603.